The van der Waals surface area contributed by atoms with Gasteiger partial charge in [-0.15, -0.1) is 0 Å². The molecule has 0 radical (unpaired) electrons. The van der Waals surface area contributed by atoms with Gasteiger partial charge in [-0.3, -0.25) is 0 Å². The minimum absolute atomic E-state index is 0.421. The van der Waals surface area contributed by atoms with Gasteiger partial charge in [0.05, 0.1) is 5.02 Å². The van der Waals surface area contributed by atoms with Crippen molar-refractivity contribution >= 4 is 27.5 Å². The van der Waals surface area contributed by atoms with Crippen LogP contribution in [-0.2, 0) is 0 Å². The molecule has 0 bridgehead atoms. The van der Waals surface area contributed by atoms with Crippen molar-refractivity contribution in [1.29, 1.82) is 0 Å². The summed E-state index contributed by atoms with van der Waals surface area (Å²) in [5.74, 6) is 0.744. The van der Waals surface area contributed by atoms with Gasteiger partial charge >= 0.3 is 0 Å². The molecule has 1 N–H and O–H groups in total. The Kier molecular flexibility index (Phi) is 7.28. The topological polar surface area (TPSA) is 12.0 Å². The largest absolute Gasteiger partial charge is 0.310 e. The molecule has 1 aromatic rings. The smallest absolute Gasteiger partial charge is 0.0548 e. The first-order chi connectivity index (χ1) is 8.58. The molecule has 1 nitrogen and oxygen atoms in total. The summed E-state index contributed by atoms with van der Waals surface area (Å²) < 4.78 is 0.979. The number of benzene rings is 1. The molecule has 0 saturated carbocycles. The maximum Gasteiger partial charge on any atom is 0.0548 e. The molecule has 18 heavy (non-hydrogen) atoms. The van der Waals surface area contributed by atoms with E-state index >= 15 is 0 Å². The van der Waals surface area contributed by atoms with E-state index in [1.807, 2.05) is 6.07 Å². The monoisotopic (exact) mass is 331 g/mol. The minimum Gasteiger partial charge on any atom is -0.310 e. The molecule has 3 heteroatoms. The average molecular weight is 333 g/mol. The van der Waals surface area contributed by atoms with E-state index in [0.29, 0.717) is 6.04 Å². The molecule has 0 saturated heterocycles. The second-order valence-corrected chi connectivity index (χ2v) is 6.17. The fourth-order valence-corrected chi connectivity index (χ4v) is 2.84. The number of halogens is 2. The van der Waals surface area contributed by atoms with Gasteiger partial charge in [-0.25, -0.2) is 0 Å². The average Bonchev–Trinajstić information content (AvgIpc) is 2.32. The molecule has 1 rings (SSSR count). The number of rotatable bonds is 7. The summed E-state index contributed by atoms with van der Waals surface area (Å²) in [7, 11) is 0. The van der Waals surface area contributed by atoms with E-state index in [4.69, 9.17) is 11.6 Å². The summed E-state index contributed by atoms with van der Waals surface area (Å²) in [4.78, 5) is 0. The molecule has 0 aliphatic heterocycles. The second kappa shape index (κ2) is 8.19. The van der Waals surface area contributed by atoms with Crippen LogP contribution in [0.15, 0.2) is 22.7 Å². The molecule has 0 aliphatic carbocycles. The summed E-state index contributed by atoms with van der Waals surface area (Å²) in [6.45, 7) is 7.72. The highest BCUT2D eigenvalue weighted by Gasteiger charge is 2.15. The Hall–Kier alpha value is -0.0500. The zero-order valence-corrected chi connectivity index (χ0v) is 13.8. The molecule has 102 valence electrons. The molecule has 0 heterocycles. The normalized spacial score (nSPS) is 14.5. The van der Waals surface area contributed by atoms with E-state index in [1.54, 1.807) is 0 Å². The van der Waals surface area contributed by atoms with Crippen LogP contribution >= 0.6 is 27.5 Å². The molecular weight excluding hydrogens is 310 g/mol. The van der Waals surface area contributed by atoms with Crippen molar-refractivity contribution in [3.63, 3.8) is 0 Å². The van der Waals surface area contributed by atoms with Crippen LogP contribution in [0.5, 0.6) is 0 Å². The predicted molar refractivity (Wildman–Crippen MR) is 84.3 cm³/mol. The van der Waals surface area contributed by atoms with Crippen LogP contribution in [-0.4, -0.2) is 6.54 Å². The van der Waals surface area contributed by atoms with E-state index in [9.17, 15) is 0 Å². The van der Waals surface area contributed by atoms with Gasteiger partial charge in [0.25, 0.3) is 0 Å². The summed E-state index contributed by atoms with van der Waals surface area (Å²) in [5, 5.41) is 4.34. The van der Waals surface area contributed by atoms with Gasteiger partial charge in [0.2, 0.25) is 0 Å². The quantitative estimate of drug-likeness (QED) is 0.687. The van der Waals surface area contributed by atoms with Gasteiger partial charge in [-0.2, -0.15) is 0 Å². The first-order valence-electron chi connectivity index (χ1n) is 6.76. The van der Waals surface area contributed by atoms with Crippen molar-refractivity contribution in [1.82, 2.24) is 5.32 Å². The van der Waals surface area contributed by atoms with Crippen molar-refractivity contribution in [2.45, 2.75) is 46.1 Å². The van der Waals surface area contributed by atoms with Crippen LogP contribution in [0.3, 0.4) is 0 Å². The molecule has 0 aromatic heterocycles. The van der Waals surface area contributed by atoms with Crippen LogP contribution in [0, 0.1) is 5.92 Å². The van der Waals surface area contributed by atoms with Crippen LogP contribution < -0.4 is 5.32 Å². The molecule has 0 amide bonds. The predicted octanol–water partition coefficient (Wildman–Crippen LogP) is 5.58. The SMILES string of the molecule is CCCC(C)CC(NCC)c1ccc(Cl)c(Br)c1. The number of hydrogen-bond acceptors (Lipinski definition) is 1. The lowest BCUT2D eigenvalue weighted by Crippen LogP contribution is -2.23. The fourth-order valence-electron chi connectivity index (χ4n) is 2.33. The first kappa shape index (κ1) is 16.0. The Morgan fingerprint density at radius 3 is 2.61 bits per heavy atom. The second-order valence-electron chi connectivity index (χ2n) is 4.91. The summed E-state index contributed by atoms with van der Waals surface area (Å²) in [6, 6.07) is 6.65. The summed E-state index contributed by atoms with van der Waals surface area (Å²) in [6.07, 6.45) is 3.72. The molecular formula is C15H23BrClN. The van der Waals surface area contributed by atoms with Crippen molar-refractivity contribution in [2.24, 2.45) is 5.92 Å². The van der Waals surface area contributed by atoms with Crippen LogP contribution in [0.1, 0.15) is 51.6 Å². The third-order valence-corrected chi connectivity index (χ3v) is 4.43. The zero-order valence-electron chi connectivity index (χ0n) is 11.5. The van der Waals surface area contributed by atoms with Gasteiger partial charge < -0.3 is 5.32 Å². The van der Waals surface area contributed by atoms with E-state index in [0.717, 1.165) is 22.0 Å². The maximum atomic E-state index is 6.05. The minimum atomic E-state index is 0.421. The standard InChI is InChI=1S/C15H23BrClN/c1-4-6-11(3)9-15(18-5-2)12-7-8-14(17)13(16)10-12/h7-8,10-11,15,18H,4-6,9H2,1-3H3. The lowest BCUT2D eigenvalue weighted by Gasteiger charge is -2.22. The van der Waals surface area contributed by atoms with Crippen LogP contribution in [0.25, 0.3) is 0 Å². The zero-order chi connectivity index (χ0) is 13.5. The van der Waals surface area contributed by atoms with Crippen molar-refractivity contribution in [3.05, 3.63) is 33.3 Å². The molecule has 0 fully saturated rings. The molecule has 2 unspecified atom stereocenters. The van der Waals surface area contributed by atoms with Crippen LogP contribution in [0.2, 0.25) is 5.02 Å². The molecule has 2 atom stereocenters. The first-order valence-corrected chi connectivity index (χ1v) is 7.93. The Morgan fingerprint density at radius 2 is 2.06 bits per heavy atom. The Labute approximate surface area is 124 Å². The van der Waals surface area contributed by atoms with Gasteiger partial charge in [0, 0.05) is 10.5 Å². The fraction of sp³-hybridized carbons (Fsp3) is 0.600. The number of nitrogens with one attached hydrogen (secondary N) is 1. The highest BCUT2D eigenvalue weighted by atomic mass is 79.9. The van der Waals surface area contributed by atoms with Gasteiger partial charge in [-0.05, 0) is 52.5 Å². The molecule has 0 aliphatic rings. The number of hydrogen-bond donors (Lipinski definition) is 1. The Morgan fingerprint density at radius 1 is 1.33 bits per heavy atom. The molecule has 1 aromatic carbocycles. The highest BCUT2D eigenvalue weighted by molar-refractivity contribution is 9.10. The molecule has 0 spiro atoms. The van der Waals surface area contributed by atoms with E-state index in [-0.39, 0.29) is 0 Å². The van der Waals surface area contributed by atoms with E-state index in [2.05, 4.69) is 54.2 Å². The van der Waals surface area contributed by atoms with Gasteiger partial charge in [0.1, 0.15) is 0 Å². The Bertz CT molecular complexity index is 368. The lowest BCUT2D eigenvalue weighted by molar-refractivity contribution is 0.395. The Balaban J connectivity index is 2.79. The summed E-state index contributed by atoms with van der Waals surface area (Å²) in [5.41, 5.74) is 1.32. The van der Waals surface area contributed by atoms with E-state index < -0.39 is 0 Å². The van der Waals surface area contributed by atoms with Crippen molar-refractivity contribution in [2.75, 3.05) is 6.54 Å². The van der Waals surface area contributed by atoms with E-state index in [1.165, 1.54) is 24.8 Å². The third-order valence-electron chi connectivity index (χ3n) is 3.22. The van der Waals surface area contributed by atoms with Gasteiger partial charge in [-0.1, -0.05) is 51.3 Å². The maximum absolute atomic E-state index is 6.05. The summed E-state index contributed by atoms with van der Waals surface area (Å²) >= 11 is 9.55. The highest BCUT2D eigenvalue weighted by Crippen LogP contribution is 2.29. The third kappa shape index (κ3) is 4.91. The van der Waals surface area contributed by atoms with Crippen molar-refractivity contribution in [3.8, 4) is 0 Å². The van der Waals surface area contributed by atoms with Gasteiger partial charge in [0.15, 0.2) is 0 Å². The lowest BCUT2D eigenvalue weighted by atomic mass is 9.93. The van der Waals surface area contributed by atoms with Crippen LogP contribution in [0.4, 0.5) is 0 Å². The van der Waals surface area contributed by atoms with Crippen molar-refractivity contribution < 1.29 is 0 Å².